The molecule has 0 bridgehead atoms. The predicted octanol–water partition coefficient (Wildman–Crippen LogP) is 2.23. The molecular weight excluding hydrogens is 232 g/mol. The van der Waals surface area contributed by atoms with E-state index in [4.69, 9.17) is 0 Å². The maximum atomic E-state index is 12.9. The average molecular weight is 243 g/mol. The number of anilines is 1. The van der Waals surface area contributed by atoms with E-state index in [0.29, 0.717) is 5.69 Å². The molecular formula is C10H11F2N3O2. The SMILES string of the molecule is O=[N+]([O-])c1ccc(N2CCC(F)(F)CC2)cn1. The molecule has 1 saturated heterocycles. The van der Waals surface area contributed by atoms with Crippen molar-refractivity contribution in [2.24, 2.45) is 0 Å². The normalized spacial score (nSPS) is 19.1. The van der Waals surface area contributed by atoms with Crippen LogP contribution in [-0.4, -0.2) is 28.9 Å². The van der Waals surface area contributed by atoms with Crippen molar-refractivity contribution in [1.82, 2.24) is 4.98 Å². The quantitative estimate of drug-likeness (QED) is 0.590. The van der Waals surface area contributed by atoms with Gasteiger partial charge in [-0.25, -0.2) is 8.78 Å². The van der Waals surface area contributed by atoms with Crippen LogP contribution in [0.1, 0.15) is 12.8 Å². The summed E-state index contributed by atoms with van der Waals surface area (Å²) in [6.45, 7) is 0.485. The molecule has 1 aromatic heterocycles. The third-order valence-corrected chi connectivity index (χ3v) is 2.78. The van der Waals surface area contributed by atoms with Gasteiger partial charge in [-0.2, -0.15) is 0 Å². The highest BCUT2D eigenvalue weighted by Crippen LogP contribution is 2.30. The molecule has 7 heteroatoms. The lowest BCUT2D eigenvalue weighted by molar-refractivity contribution is -0.389. The van der Waals surface area contributed by atoms with Crippen LogP contribution in [0.15, 0.2) is 18.3 Å². The van der Waals surface area contributed by atoms with Crippen molar-refractivity contribution in [3.8, 4) is 0 Å². The molecule has 0 spiro atoms. The van der Waals surface area contributed by atoms with Crippen LogP contribution in [-0.2, 0) is 0 Å². The maximum Gasteiger partial charge on any atom is 0.363 e. The Bertz CT molecular complexity index is 412. The van der Waals surface area contributed by atoms with E-state index in [2.05, 4.69) is 4.98 Å². The Kier molecular flexibility index (Phi) is 2.91. The van der Waals surface area contributed by atoms with Crippen LogP contribution in [0.3, 0.4) is 0 Å². The molecule has 0 aliphatic carbocycles. The zero-order chi connectivity index (χ0) is 12.5. The lowest BCUT2D eigenvalue weighted by atomic mass is 10.1. The van der Waals surface area contributed by atoms with Crippen LogP contribution < -0.4 is 4.90 Å². The molecule has 17 heavy (non-hydrogen) atoms. The number of piperidine rings is 1. The smallest absolute Gasteiger partial charge is 0.363 e. The summed E-state index contributed by atoms with van der Waals surface area (Å²) in [5.74, 6) is -2.83. The van der Waals surface area contributed by atoms with Gasteiger partial charge >= 0.3 is 5.82 Å². The Labute approximate surface area is 96.2 Å². The van der Waals surface area contributed by atoms with E-state index in [9.17, 15) is 18.9 Å². The summed E-state index contributed by atoms with van der Waals surface area (Å²) in [4.78, 5) is 15.2. The third-order valence-electron chi connectivity index (χ3n) is 2.78. The van der Waals surface area contributed by atoms with Crippen LogP contribution >= 0.6 is 0 Å². The summed E-state index contributed by atoms with van der Waals surface area (Å²) < 4.78 is 25.9. The van der Waals surface area contributed by atoms with Gasteiger partial charge in [-0.05, 0) is 16.0 Å². The largest absolute Gasteiger partial charge is 0.368 e. The molecule has 0 atom stereocenters. The van der Waals surface area contributed by atoms with Gasteiger partial charge < -0.3 is 15.0 Å². The number of halogens is 2. The monoisotopic (exact) mass is 243 g/mol. The van der Waals surface area contributed by atoms with E-state index in [0.717, 1.165) is 0 Å². The topological polar surface area (TPSA) is 59.3 Å². The lowest BCUT2D eigenvalue weighted by Crippen LogP contribution is -2.39. The predicted molar refractivity (Wildman–Crippen MR) is 57.3 cm³/mol. The van der Waals surface area contributed by atoms with Crippen molar-refractivity contribution in [1.29, 1.82) is 0 Å². The minimum absolute atomic E-state index is 0.190. The Morgan fingerprint density at radius 1 is 1.35 bits per heavy atom. The van der Waals surface area contributed by atoms with E-state index in [-0.39, 0.29) is 31.7 Å². The summed E-state index contributed by atoms with van der Waals surface area (Å²) in [5, 5.41) is 10.4. The maximum absolute atomic E-state index is 12.9. The molecule has 2 rings (SSSR count). The van der Waals surface area contributed by atoms with E-state index in [1.807, 2.05) is 0 Å². The molecule has 5 nitrogen and oxygen atoms in total. The number of alkyl halides is 2. The molecule has 1 aliphatic heterocycles. The second kappa shape index (κ2) is 4.23. The highest BCUT2D eigenvalue weighted by atomic mass is 19.3. The fourth-order valence-electron chi connectivity index (χ4n) is 1.77. The minimum atomic E-state index is -2.59. The van der Waals surface area contributed by atoms with Crippen molar-refractivity contribution >= 4 is 11.5 Å². The van der Waals surface area contributed by atoms with Crippen LogP contribution in [0.4, 0.5) is 20.3 Å². The molecule has 92 valence electrons. The van der Waals surface area contributed by atoms with Crippen LogP contribution in [0, 0.1) is 10.1 Å². The van der Waals surface area contributed by atoms with Gasteiger partial charge in [0.25, 0.3) is 5.92 Å². The van der Waals surface area contributed by atoms with Crippen LogP contribution in [0.2, 0.25) is 0 Å². The van der Waals surface area contributed by atoms with Gasteiger partial charge in [0.15, 0.2) is 6.20 Å². The Morgan fingerprint density at radius 2 is 2.00 bits per heavy atom. The molecule has 0 unspecified atom stereocenters. The summed E-state index contributed by atoms with van der Waals surface area (Å²) in [5.41, 5.74) is 0.645. The lowest BCUT2D eigenvalue weighted by Gasteiger charge is -2.32. The number of nitro groups is 1. The van der Waals surface area contributed by atoms with Crippen molar-refractivity contribution < 1.29 is 13.7 Å². The van der Waals surface area contributed by atoms with Gasteiger partial charge in [0, 0.05) is 32.0 Å². The average Bonchev–Trinajstić information content (AvgIpc) is 2.29. The molecule has 0 N–H and O–H groups in total. The van der Waals surface area contributed by atoms with Gasteiger partial charge in [0.1, 0.15) is 0 Å². The first-order valence-electron chi connectivity index (χ1n) is 5.21. The molecule has 0 saturated carbocycles. The first kappa shape index (κ1) is 11.7. The van der Waals surface area contributed by atoms with Gasteiger partial charge in [-0.15, -0.1) is 0 Å². The second-order valence-electron chi connectivity index (χ2n) is 3.97. The van der Waals surface area contributed by atoms with Crippen molar-refractivity contribution in [2.75, 3.05) is 18.0 Å². The van der Waals surface area contributed by atoms with E-state index < -0.39 is 10.8 Å². The highest BCUT2D eigenvalue weighted by Gasteiger charge is 2.34. The summed E-state index contributed by atoms with van der Waals surface area (Å²) >= 11 is 0. The van der Waals surface area contributed by atoms with E-state index in [1.165, 1.54) is 18.3 Å². The molecule has 1 fully saturated rings. The number of hydrogen-bond acceptors (Lipinski definition) is 4. The summed E-state index contributed by atoms with van der Waals surface area (Å²) in [7, 11) is 0. The Balaban J connectivity index is 2.06. The zero-order valence-corrected chi connectivity index (χ0v) is 8.97. The molecule has 0 amide bonds. The second-order valence-corrected chi connectivity index (χ2v) is 3.97. The first-order chi connectivity index (χ1) is 7.98. The van der Waals surface area contributed by atoms with Crippen molar-refractivity contribution in [3.63, 3.8) is 0 Å². The fourth-order valence-corrected chi connectivity index (χ4v) is 1.77. The highest BCUT2D eigenvalue weighted by molar-refractivity contribution is 5.46. The van der Waals surface area contributed by atoms with Crippen LogP contribution in [0.5, 0.6) is 0 Å². The van der Waals surface area contributed by atoms with E-state index >= 15 is 0 Å². The number of pyridine rings is 1. The summed E-state index contributed by atoms with van der Waals surface area (Å²) in [6, 6.07) is 2.82. The zero-order valence-electron chi connectivity index (χ0n) is 8.97. The first-order valence-corrected chi connectivity index (χ1v) is 5.21. The number of nitrogens with zero attached hydrogens (tertiary/aromatic N) is 3. The van der Waals surface area contributed by atoms with Gasteiger partial charge in [-0.1, -0.05) is 0 Å². The molecule has 0 aromatic carbocycles. The number of aromatic nitrogens is 1. The summed E-state index contributed by atoms with van der Waals surface area (Å²) in [6.07, 6.45) is 0.968. The molecule has 1 aromatic rings. The number of hydrogen-bond donors (Lipinski definition) is 0. The molecule has 0 radical (unpaired) electrons. The standard InChI is InChI=1S/C10H11F2N3O2/c11-10(12)3-5-14(6-4-10)8-1-2-9(13-7-8)15(16)17/h1-2,7H,3-6H2. The van der Waals surface area contributed by atoms with Crippen LogP contribution in [0.25, 0.3) is 0 Å². The van der Waals surface area contributed by atoms with Crippen molar-refractivity contribution in [2.45, 2.75) is 18.8 Å². The van der Waals surface area contributed by atoms with E-state index in [1.54, 1.807) is 4.90 Å². The van der Waals surface area contributed by atoms with Gasteiger partial charge in [0.05, 0.1) is 5.69 Å². The Hall–Kier alpha value is -1.79. The van der Waals surface area contributed by atoms with Gasteiger partial charge in [0.2, 0.25) is 0 Å². The molecule has 1 aliphatic rings. The van der Waals surface area contributed by atoms with Gasteiger partial charge in [-0.3, -0.25) is 0 Å². The minimum Gasteiger partial charge on any atom is -0.368 e. The third kappa shape index (κ3) is 2.66. The molecule has 2 heterocycles. The fraction of sp³-hybridized carbons (Fsp3) is 0.500. The number of rotatable bonds is 2. The van der Waals surface area contributed by atoms with Crippen molar-refractivity contribution in [3.05, 3.63) is 28.4 Å². The Morgan fingerprint density at radius 3 is 2.47 bits per heavy atom.